The fourth-order valence-corrected chi connectivity index (χ4v) is 3.51. The van der Waals surface area contributed by atoms with Gasteiger partial charge >= 0.3 is 0 Å². The number of hydrogen-bond acceptors (Lipinski definition) is 6. The molecule has 7 nitrogen and oxygen atoms in total. The van der Waals surface area contributed by atoms with Gasteiger partial charge in [-0.25, -0.2) is 14.5 Å². The minimum absolute atomic E-state index is 0.134. The second-order valence-corrected chi connectivity index (χ2v) is 6.04. The number of fused-ring (bicyclic) bond motifs is 3. The average Bonchev–Trinajstić information content (AvgIpc) is 3.14. The van der Waals surface area contributed by atoms with Gasteiger partial charge in [-0.15, -0.1) is 11.3 Å². The van der Waals surface area contributed by atoms with Gasteiger partial charge in [-0.1, -0.05) is 0 Å². The van der Waals surface area contributed by atoms with E-state index >= 15 is 0 Å². The molecule has 0 aliphatic heterocycles. The molecule has 0 atom stereocenters. The molecule has 1 N–H and O–H groups in total. The van der Waals surface area contributed by atoms with Gasteiger partial charge in [0.05, 0.1) is 11.1 Å². The molecule has 0 aliphatic rings. The van der Waals surface area contributed by atoms with Gasteiger partial charge in [0.2, 0.25) is 0 Å². The van der Waals surface area contributed by atoms with Crippen LogP contribution in [0.5, 0.6) is 0 Å². The van der Waals surface area contributed by atoms with Crippen molar-refractivity contribution in [1.29, 1.82) is 0 Å². The second-order valence-electron chi connectivity index (χ2n) is 5.04. The number of anilines is 1. The molecule has 0 aliphatic carbocycles. The molecular weight excluding hydrogens is 300 g/mol. The Morgan fingerprint density at radius 1 is 1.27 bits per heavy atom. The summed E-state index contributed by atoms with van der Waals surface area (Å²) in [5.74, 6) is 0.526. The van der Waals surface area contributed by atoms with Gasteiger partial charge in [0.15, 0.2) is 5.82 Å². The van der Waals surface area contributed by atoms with E-state index in [0.717, 1.165) is 15.9 Å². The normalized spacial score (nSPS) is 11.4. The third kappa shape index (κ3) is 1.74. The predicted molar refractivity (Wildman–Crippen MR) is 87.0 cm³/mol. The number of nitrogens with zero attached hydrogens (tertiary/aromatic N) is 5. The van der Waals surface area contributed by atoms with E-state index in [4.69, 9.17) is 0 Å². The summed E-state index contributed by atoms with van der Waals surface area (Å²) in [6.07, 6.45) is 4.93. The van der Waals surface area contributed by atoms with Crippen molar-refractivity contribution in [1.82, 2.24) is 24.7 Å². The van der Waals surface area contributed by atoms with Crippen LogP contribution in [0, 0.1) is 0 Å². The topological polar surface area (TPSA) is 79.7 Å². The van der Waals surface area contributed by atoms with Crippen LogP contribution in [0.1, 0.15) is 0 Å². The molecule has 0 aromatic carbocycles. The summed E-state index contributed by atoms with van der Waals surface area (Å²) in [7, 11) is 3.92. The molecular formula is C14H12N6OS. The van der Waals surface area contributed by atoms with Crippen LogP contribution in [-0.2, 0) is 0 Å². The fourth-order valence-electron chi connectivity index (χ4n) is 2.46. The van der Waals surface area contributed by atoms with Gasteiger partial charge in [0, 0.05) is 32.6 Å². The van der Waals surface area contributed by atoms with Crippen LogP contribution >= 0.6 is 11.3 Å². The van der Waals surface area contributed by atoms with Gasteiger partial charge in [-0.05, 0) is 6.07 Å². The Hall–Kier alpha value is -2.74. The second kappa shape index (κ2) is 4.63. The van der Waals surface area contributed by atoms with Crippen LogP contribution in [-0.4, -0.2) is 38.8 Å². The van der Waals surface area contributed by atoms with Crippen molar-refractivity contribution in [2.45, 2.75) is 0 Å². The summed E-state index contributed by atoms with van der Waals surface area (Å²) >= 11 is 1.36. The molecule has 0 bridgehead atoms. The molecule has 4 aromatic heterocycles. The number of aromatic nitrogens is 5. The van der Waals surface area contributed by atoms with E-state index < -0.39 is 0 Å². The summed E-state index contributed by atoms with van der Waals surface area (Å²) in [5, 5.41) is 7.65. The molecule has 0 radical (unpaired) electrons. The van der Waals surface area contributed by atoms with E-state index in [2.05, 4.69) is 20.2 Å². The highest BCUT2D eigenvalue weighted by molar-refractivity contribution is 7.25. The Morgan fingerprint density at radius 3 is 2.86 bits per heavy atom. The maximum atomic E-state index is 12.7. The lowest BCUT2D eigenvalue weighted by Gasteiger charge is -2.13. The number of nitrogens with one attached hydrogen (secondary N) is 1. The zero-order valence-corrected chi connectivity index (χ0v) is 12.8. The first-order valence-electron chi connectivity index (χ1n) is 6.63. The summed E-state index contributed by atoms with van der Waals surface area (Å²) < 4.78 is 2.02. The van der Waals surface area contributed by atoms with Crippen LogP contribution < -0.4 is 10.5 Å². The maximum absolute atomic E-state index is 12.7. The first-order valence-corrected chi connectivity index (χ1v) is 7.45. The third-order valence-corrected chi connectivity index (χ3v) is 4.55. The minimum Gasteiger partial charge on any atom is -0.377 e. The van der Waals surface area contributed by atoms with E-state index in [1.807, 2.05) is 25.1 Å². The van der Waals surface area contributed by atoms with E-state index in [9.17, 15) is 4.79 Å². The smallest absolute Gasteiger partial charge is 0.277 e. The lowest BCUT2D eigenvalue weighted by Crippen LogP contribution is -2.18. The number of rotatable bonds is 2. The molecule has 0 saturated carbocycles. The highest BCUT2D eigenvalue weighted by Crippen LogP contribution is 2.35. The van der Waals surface area contributed by atoms with Crippen LogP contribution in [0.4, 0.5) is 5.69 Å². The SMILES string of the molecule is CN(C)c1ccnc2sc3c(=O)n(-c4cc[nH]n4)cnc3c12. The predicted octanol–water partition coefficient (Wildman–Crippen LogP) is 1.78. The first-order chi connectivity index (χ1) is 10.7. The number of pyridine rings is 1. The van der Waals surface area contributed by atoms with E-state index in [1.54, 1.807) is 18.5 Å². The standard InChI is InChI=1S/C14H12N6OS/c1-19(2)8-3-5-15-13-10(8)11-12(22-13)14(21)20(7-16-11)9-4-6-17-18-9/h3-7H,1-2H3,(H,17,18). The summed E-state index contributed by atoms with van der Waals surface area (Å²) in [6, 6.07) is 3.65. The fraction of sp³-hybridized carbons (Fsp3) is 0.143. The molecule has 0 fully saturated rings. The molecule has 110 valence electrons. The van der Waals surface area contributed by atoms with Crippen molar-refractivity contribution in [3.63, 3.8) is 0 Å². The monoisotopic (exact) mass is 312 g/mol. The summed E-state index contributed by atoms with van der Waals surface area (Å²) in [4.78, 5) is 24.4. The number of aromatic amines is 1. The van der Waals surface area contributed by atoms with E-state index in [0.29, 0.717) is 16.0 Å². The Labute approximate surface area is 128 Å². The van der Waals surface area contributed by atoms with E-state index in [1.165, 1.54) is 22.2 Å². The van der Waals surface area contributed by atoms with Crippen LogP contribution in [0.2, 0.25) is 0 Å². The zero-order valence-electron chi connectivity index (χ0n) is 11.9. The molecule has 4 rings (SSSR count). The Balaban J connectivity index is 2.11. The van der Waals surface area contributed by atoms with Gasteiger partial charge in [0.25, 0.3) is 5.56 Å². The molecule has 4 heterocycles. The van der Waals surface area contributed by atoms with Crippen LogP contribution in [0.25, 0.3) is 26.3 Å². The Kier molecular flexibility index (Phi) is 2.73. The van der Waals surface area contributed by atoms with Crippen molar-refractivity contribution in [3.8, 4) is 5.82 Å². The van der Waals surface area contributed by atoms with Gasteiger partial charge in [0.1, 0.15) is 21.4 Å². The lowest BCUT2D eigenvalue weighted by atomic mass is 10.2. The lowest BCUT2D eigenvalue weighted by molar-refractivity contribution is 0.904. The third-order valence-electron chi connectivity index (χ3n) is 3.47. The Morgan fingerprint density at radius 2 is 2.14 bits per heavy atom. The molecule has 0 saturated heterocycles. The number of H-pyrrole nitrogens is 1. The molecule has 0 unspecified atom stereocenters. The van der Waals surface area contributed by atoms with Gasteiger partial charge < -0.3 is 4.90 Å². The van der Waals surface area contributed by atoms with Crippen molar-refractivity contribution in [2.75, 3.05) is 19.0 Å². The molecule has 4 aromatic rings. The maximum Gasteiger partial charge on any atom is 0.277 e. The Bertz CT molecular complexity index is 1030. The van der Waals surface area contributed by atoms with Crippen LogP contribution in [0.15, 0.2) is 35.6 Å². The number of hydrogen-bond donors (Lipinski definition) is 1. The highest BCUT2D eigenvalue weighted by atomic mass is 32.1. The van der Waals surface area contributed by atoms with Gasteiger partial charge in [-0.2, -0.15) is 5.10 Å². The highest BCUT2D eigenvalue weighted by Gasteiger charge is 2.17. The summed E-state index contributed by atoms with van der Waals surface area (Å²) in [6.45, 7) is 0. The zero-order chi connectivity index (χ0) is 15.3. The average molecular weight is 312 g/mol. The van der Waals surface area contributed by atoms with Gasteiger partial charge in [-0.3, -0.25) is 9.89 Å². The van der Waals surface area contributed by atoms with Crippen LogP contribution in [0.3, 0.4) is 0 Å². The first kappa shape index (κ1) is 13.0. The molecule has 0 spiro atoms. The van der Waals surface area contributed by atoms with Crippen molar-refractivity contribution >= 4 is 37.5 Å². The molecule has 8 heteroatoms. The molecule has 22 heavy (non-hydrogen) atoms. The van der Waals surface area contributed by atoms with Crippen molar-refractivity contribution in [2.24, 2.45) is 0 Å². The summed E-state index contributed by atoms with van der Waals surface area (Å²) in [5.41, 5.74) is 1.55. The number of thiophene rings is 1. The van der Waals surface area contributed by atoms with Crippen molar-refractivity contribution < 1.29 is 0 Å². The molecule has 0 amide bonds. The van der Waals surface area contributed by atoms with E-state index in [-0.39, 0.29) is 5.56 Å². The minimum atomic E-state index is -0.134. The largest absolute Gasteiger partial charge is 0.377 e. The quantitative estimate of drug-likeness (QED) is 0.610. The van der Waals surface area contributed by atoms with Crippen molar-refractivity contribution in [3.05, 3.63) is 41.2 Å².